The number of para-hydroxylation sites is 4. The van der Waals surface area contributed by atoms with Crippen molar-refractivity contribution in [3.8, 4) is 22.3 Å². The van der Waals surface area contributed by atoms with Gasteiger partial charge in [-0.25, -0.2) is 0 Å². The first-order valence-electron chi connectivity index (χ1n) is 24.2. The van der Waals surface area contributed by atoms with Crippen LogP contribution in [0.5, 0.6) is 0 Å². The second kappa shape index (κ2) is 12.0. The van der Waals surface area contributed by atoms with Gasteiger partial charge in [0.1, 0.15) is 0 Å². The van der Waals surface area contributed by atoms with Gasteiger partial charge in [-0.3, -0.25) is 0 Å². The van der Waals surface area contributed by atoms with E-state index in [4.69, 9.17) is 0 Å². The Morgan fingerprint density at radius 3 is 1.61 bits per heavy atom. The first-order valence-corrected chi connectivity index (χ1v) is 24.2. The molecule has 4 aliphatic heterocycles. The molecule has 5 aliphatic carbocycles. The van der Waals surface area contributed by atoms with Gasteiger partial charge >= 0.3 is 0 Å². The molecule has 0 atom stereocenters. The molecule has 0 saturated heterocycles. The van der Waals surface area contributed by atoms with Gasteiger partial charge in [0.25, 0.3) is 6.71 Å². The summed E-state index contributed by atoms with van der Waals surface area (Å²) in [6.07, 6.45) is 7.96. The van der Waals surface area contributed by atoms with E-state index in [2.05, 4.69) is 187 Å². The van der Waals surface area contributed by atoms with Crippen molar-refractivity contribution in [3.05, 3.63) is 209 Å². The fourth-order valence-electron chi connectivity index (χ4n) is 16.3. The molecule has 17 rings (SSSR count). The number of rotatable bonds is 2. The largest absolute Gasteiger partial charge is 0.311 e. The average Bonchev–Trinajstić information content (AvgIpc) is 3.64. The highest BCUT2D eigenvalue weighted by Gasteiger charge is 2.63. The zero-order valence-electron chi connectivity index (χ0n) is 36.2. The van der Waals surface area contributed by atoms with Crippen molar-refractivity contribution in [1.29, 1.82) is 0 Å². The predicted molar refractivity (Wildman–Crippen MR) is 264 cm³/mol. The maximum Gasteiger partial charge on any atom is 0.252 e. The first-order chi connectivity index (χ1) is 31.7. The Balaban J connectivity index is 1.05. The van der Waals surface area contributed by atoms with E-state index in [1.807, 2.05) is 0 Å². The standard InChI is InChI=1S/C61H47BN2/c1-2-36-14-11-15-39(29-36)40-34-55-57-56(35-40)64-54-27-10-8-21-48(54)61(45-18-5-3-16-43(45)44-17-4-6-19-46(44)61)50-23-13-25-52(59(50)64)62(57)51-24-12-22-49-58(51)63(55)53-26-9-7-20-47(53)60(49)41-30-37-28-38(32-41)33-42(60)31-37/h3-27,29,34-35,37-38,41-42H,2,28,30-33H2,1H3. The molecule has 3 heteroatoms. The lowest BCUT2D eigenvalue weighted by Gasteiger charge is -2.64. The molecule has 2 nitrogen and oxygen atoms in total. The van der Waals surface area contributed by atoms with Crippen LogP contribution in [-0.4, -0.2) is 6.71 Å². The summed E-state index contributed by atoms with van der Waals surface area (Å²) in [5, 5.41) is 0. The van der Waals surface area contributed by atoms with Crippen molar-refractivity contribution < 1.29 is 0 Å². The van der Waals surface area contributed by atoms with Crippen molar-refractivity contribution in [1.82, 2.24) is 0 Å². The number of hydrogen-bond acceptors (Lipinski definition) is 2. The Morgan fingerprint density at radius 2 is 0.969 bits per heavy atom. The third-order valence-electron chi connectivity index (χ3n) is 18.1. The van der Waals surface area contributed by atoms with Crippen LogP contribution in [0.3, 0.4) is 0 Å². The molecule has 0 N–H and O–H groups in total. The normalized spacial score (nSPS) is 24.2. The van der Waals surface area contributed by atoms with Crippen LogP contribution in [0.25, 0.3) is 22.3 Å². The third-order valence-corrected chi connectivity index (χ3v) is 18.1. The molecule has 8 aromatic carbocycles. The molecule has 8 aromatic rings. The van der Waals surface area contributed by atoms with Crippen LogP contribution in [0.2, 0.25) is 0 Å². The molecule has 0 amide bonds. The molecule has 0 unspecified atom stereocenters. The van der Waals surface area contributed by atoms with Gasteiger partial charge in [-0.05, 0) is 164 Å². The Hall–Kier alpha value is -6.58. The Bertz CT molecular complexity index is 3320. The molecule has 0 radical (unpaired) electrons. The molecular formula is C61H47BN2. The number of hydrogen-bond donors (Lipinski definition) is 0. The van der Waals surface area contributed by atoms with Gasteiger partial charge < -0.3 is 9.80 Å². The summed E-state index contributed by atoms with van der Waals surface area (Å²) < 4.78 is 0. The highest BCUT2D eigenvalue weighted by molar-refractivity contribution is 7.00. The quantitative estimate of drug-likeness (QED) is 0.160. The highest BCUT2D eigenvalue weighted by atomic mass is 15.2. The molecule has 4 bridgehead atoms. The zero-order chi connectivity index (χ0) is 41.6. The van der Waals surface area contributed by atoms with Crippen LogP contribution in [0, 0.1) is 23.7 Å². The summed E-state index contributed by atoms with van der Waals surface area (Å²) >= 11 is 0. The number of nitrogens with zero attached hydrogens (tertiary/aromatic N) is 2. The van der Waals surface area contributed by atoms with Crippen molar-refractivity contribution in [2.45, 2.75) is 56.3 Å². The second-order valence-corrected chi connectivity index (χ2v) is 20.6. The van der Waals surface area contributed by atoms with E-state index in [1.165, 1.54) is 133 Å². The molecule has 4 heterocycles. The van der Waals surface area contributed by atoms with Crippen molar-refractivity contribution >= 4 is 57.2 Å². The predicted octanol–water partition coefficient (Wildman–Crippen LogP) is 12.7. The summed E-state index contributed by atoms with van der Waals surface area (Å²) in [6, 6.07) is 67.1. The monoisotopic (exact) mass is 818 g/mol. The summed E-state index contributed by atoms with van der Waals surface area (Å²) in [5.74, 6) is 3.15. The Labute approximate surface area is 376 Å². The number of anilines is 6. The Morgan fingerprint density at radius 1 is 0.453 bits per heavy atom. The highest BCUT2D eigenvalue weighted by Crippen LogP contribution is 2.70. The molecule has 304 valence electrons. The van der Waals surface area contributed by atoms with Crippen LogP contribution in [-0.2, 0) is 17.3 Å². The van der Waals surface area contributed by atoms with E-state index in [-0.39, 0.29) is 12.1 Å². The van der Waals surface area contributed by atoms with E-state index in [1.54, 1.807) is 11.1 Å². The summed E-state index contributed by atoms with van der Waals surface area (Å²) in [7, 11) is 0. The molecule has 0 aromatic heterocycles. The van der Waals surface area contributed by atoms with Crippen LogP contribution < -0.4 is 26.2 Å². The summed E-state index contributed by atoms with van der Waals surface area (Å²) in [6.45, 7) is 2.36. The maximum absolute atomic E-state index is 2.77. The second-order valence-electron chi connectivity index (χ2n) is 20.6. The van der Waals surface area contributed by atoms with E-state index >= 15 is 0 Å². The van der Waals surface area contributed by atoms with Gasteiger partial charge in [-0.2, -0.15) is 0 Å². The molecule has 9 aliphatic rings. The molecule has 4 fully saturated rings. The molecule has 4 saturated carbocycles. The fraction of sp³-hybridized carbons (Fsp3) is 0.213. The van der Waals surface area contributed by atoms with Gasteiger partial charge in [0.2, 0.25) is 0 Å². The summed E-state index contributed by atoms with van der Waals surface area (Å²) in [4.78, 5) is 5.48. The molecule has 64 heavy (non-hydrogen) atoms. The number of benzene rings is 8. The Kier molecular flexibility index (Phi) is 6.51. The third kappa shape index (κ3) is 3.89. The van der Waals surface area contributed by atoms with E-state index in [0.29, 0.717) is 11.8 Å². The van der Waals surface area contributed by atoms with Gasteiger partial charge in [0.05, 0.1) is 16.8 Å². The van der Waals surface area contributed by atoms with Crippen LogP contribution in [0.15, 0.2) is 170 Å². The van der Waals surface area contributed by atoms with Crippen molar-refractivity contribution in [3.63, 3.8) is 0 Å². The minimum Gasteiger partial charge on any atom is -0.311 e. The lowest BCUT2D eigenvalue weighted by molar-refractivity contribution is -0.0419. The summed E-state index contributed by atoms with van der Waals surface area (Å²) in [5.41, 5.74) is 27.4. The van der Waals surface area contributed by atoms with Gasteiger partial charge in [-0.1, -0.05) is 153 Å². The van der Waals surface area contributed by atoms with Gasteiger partial charge in [-0.15, -0.1) is 0 Å². The smallest absolute Gasteiger partial charge is 0.252 e. The van der Waals surface area contributed by atoms with Gasteiger partial charge in [0.15, 0.2) is 0 Å². The van der Waals surface area contributed by atoms with Crippen LogP contribution in [0.4, 0.5) is 34.1 Å². The van der Waals surface area contributed by atoms with Crippen molar-refractivity contribution in [2.75, 3.05) is 9.80 Å². The SMILES string of the molecule is CCc1cccc(-c2cc3c4c(c2)N2c5ccccc5C5(c6cccc(c62)B4c2cccc4c2N3c2ccccc2C42c3ccccc3-c3ccccc32)C2CC3CC(C2)CC5C3)c1. The van der Waals surface area contributed by atoms with E-state index in [9.17, 15) is 0 Å². The van der Waals surface area contributed by atoms with E-state index < -0.39 is 5.41 Å². The minimum atomic E-state index is -0.459. The molecule has 2 spiro atoms. The minimum absolute atomic E-state index is 0.0380. The lowest BCUT2D eigenvalue weighted by atomic mass is 9.32. The van der Waals surface area contributed by atoms with Crippen LogP contribution >= 0.6 is 0 Å². The molecular weight excluding hydrogens is 771 g/mol. The number of aryl methyl sites for hydroxylation is 1. The first kappa shape index (κ1) is 34.9. The lowest BCUT2D eigenvalue weighted by Crippen LogP contribution is -2.65. The van der Waals surface area contributed by atoms with Crippen molar-refractivity contribution in [2.24, 2.45) is 23.7 Å². The van der Waals surface area contributed by atoms with Gasteiger partial charge in [0, 0.05) is 28.2 Å². The van der Waals surface area contributed by atoms with E-state index in [0.717, 1.165) is 18.3 Å². The fourth-order valence-corrected chi connectivity index (χ4v) is 16.3. The average molecular weight is 819 g/mol. The topological polar surface area (TPSA) is 6.48 Å². The van der Waals surface area contributed by atoms with Crippen LogP contribution in [0.1, 0.15) is 78.0 Å². The zero-order valence-corrected chi connectivity index (χ0v) is 36.2. The maximum atomic E-state index is 2.77. The number of fused-ring (bicyclic) bond motifs is 15.